The van der Waals surface area contributed by atoms with Crippen LogP contribution in [0.25, 0.3) is 6.08 Å². The molecule has 2 saturated heterocycles. The van der Waals surface area contributed by atoms with Crippen LogP contribution in [-0.2, 0) is 19.1 Å². The van der Waals surface area contributed by atoms with Gasteiger partial charge in [0.2, 0.25) is 0 Å². The minimum absolute atomic E-state index is 0.0244. The second kappa shape index (κ2) is 8.16. The van der Waals surface area contributed by atoms with Crippen LogP contribution in [0.3, 0.4) is 0 Å². The summed E-state index contributed by atoms with van der Waals surface area (Å²) in [6.45, 7) is 12.4. The molecule has 7 aliphatic rings. The highest BCUT2D eigenvalue weighted by molar-refractivity contribution is 6.19. The van der Waals surface area contributed by atoms with E-state index >= 15 is 0 Å². The number of allylic oxidation sites excluding steroid dienone is 1. The van der Waals surface area contributed by atoms with E-state index in [1.54, 1.807) is 18.2 Å². The number of hydrogen-bond acceptors (Lipinski definition) is 9. The Balaban J connectivity index is 1.52. The second-order valence-electron chi connectivity index (χ2n) is 14.3. The molecule has 228 valence electrons. The van der Waals surface area contributed by atoms with Gasteiger partial charge in [0, 0.05) is 29.4 Å². The topological polar surface area (TPSA) is 152 Å². The van der Waals surface area contributed by atoms with Gasteiger partial charge in [-0.25, -0.2) is 4.79 Å². The SMILES string of the molecule is CC(=CCC12OC(C)(C)C3CC(C=C4C(=O)c5c(O)c6c(c(C(O)C7OC7(C)C)c5OC431)OC(C)(C)C=C6)C2=O)C(=O)O. The lowest BCUT2D eigenvalue weighted by Gasteiger charge is -2.56. The lowest BCUT2D eigenvalue weighted by molar-refractivity contribution is -0.171. The van der Waals surface area contributed by atoms with Gasteiger partial charge >= 0.3 is 5.97 Å². The molecule has 1 saturated carbocycles. The molecule has 8 rings (SSSR count). The summed E-state index contributed by atoms with van der Waals surface area (Å²) in [6.07, 6.45) is 4.75. The van der Waals surface area contributed by atoms with Gasteiger partial charge in [0.05, 0.1) is 22.3 Å². The van der Waals surface area contributed by atoms with Crippen LogP contribution in [0.5, 0.6) is 17.2 Å². The van der Waals surface area contributed by atoms with E-state index in [0.717, 1.165) is 0 Å². The Hall–Kier alpha value is -3.47. The molecule has 10 nitrogen and oxygen atoms in total. The van der Waals surface area contributed by atoms with Crippen LogP contribution in [0, 0.1) is 11.8 Å². The normalized spacial score (nSPS) is 35.7. The summed E-state index contributed by atoms with van der Waals surface area (Å²) < 4.78 is 25.8. The third kappa shape index (κ3) is 3.42. The number of benzene rings is 1. The highest BCUT2D eigenvalue weighted by Crippen LogP contribution is 2.69. The number of phenolic OH excluding ortho intramolecular Hbond substituents is 1. The molecule has 10 heteroatoms. The van der Waals surface area contributed by atoms with Gasteiger partial charge in [-0.3, -0.25) is 9.59 Å². The molecular formula is C33H36O10. The Morgan fingerprint density at radius 1 is 1.09 bits per heavy atom. The smallest absolute Gasteiger partial charge is 0.330 e. The number of aliphatic carboxylic acids is 1. The highest BCUT2D eigenvalue weighted by atomic mass is 16.6. The fourth-order valence-electron chi connectivity index (χ4n) is 8.06. The first-order valence-corrected chi connectivity index (χ1v) is 14.7. The summed E-state index contributed by atoms with van der Waals surface area (Å²) in [5, 5.41) is 33.0. The summed E-state index contributed by atoms with van der Waals surface area (Å²) in [7, 11) is 0. The number of ether oxygens (including phenoxy) is 4. The summed E-state index contributed by atoms with van der Waals surface area (Å²) >= 11 is 0. The summed E-state index contributed by atoms with van der Waals surface area (Å²) in [5.41, 5.74) is -5.28. The molecule has 1 aromatic carbocycles. The van der Waals surface area contributed by atoms with Crippen molar-refractivity contribution < 1.29 is 48.7 Å². The number of carbonyl (C=O) groups excluding carboxylic acids is 2. The fraction of sp³-hybridized carbons (Fsp3) is 0.545. The quantitative estimate of drug-likeness (QED) is 0.335. The van der Waals surface area contributed by atoms with Gasteiger partial charge in [0.25, 0.3) is 0 Å². The lowest BCUT2D eigenvalue weighted by atomic mass is 9.51. The Labute approximate surface area is 249 Å². The highest BCUT2D eigenvalue weighted by Gasteiger charge is 2.81. The third-order valence-electron chi connectivity index (χ3n) is 10.2. The minimum atomic E-state index is -1.72. The number of epoxide rings is 1. The van der Waals surface area contributed by atoms with Crippen molar-refractivity contribution in [3.8, 4) is 17.2 Å². The van der Waals surface area contributed by atoms with Crippen molar-refractivity contribution in [2.75, 3.05) is 0 Å². The number of hydrogen-bond donors (Lipinski definition) is 3. The molecule has 4 heterocycles. The summed E-state index contributed by atoms with van der Waals surface area (Å²) in [5.74, 6) is -3.35. The molecule has 6 atom stereocenters. The van der Waals surface area contributed by atoms with Crippen molar-refractivity contribution in [2.24, 2.45) is 11.8 Å². The van der Waals surface area contributed by atoms with E-state index in [4.69, 9.17) is 18.9 Å². The predicted molar refractivity (Wildman–Crippen MR) is 152 cm³/mol. The van der Waals surface area contributed by atoms with Gasteiger partial charge in [-0.15, -0.1) is 0 Å². The summed E-state index contributed by atoms with van der Waals surface area (Å²) in [6, 6.07) is 0. The van der Waals surface area contributed by atoms with Gasteiger partial charge in [-0.05, 0) is 67.0 Å². The number of carbonyl (C=O) groups is 3. The summed E-state index contributed by atoms with van der Waals surface area (Å²) in [4.78, 5) is 40.6. The average molecular weight is 593 g/mol. The van der Waals surface area contributed by atoms with Crippen LogP contribution in [0.2, 0.25) is 0 Å². The second-order valence-corrected chi connectivity index (χ2v) is 14.3. The van der Waals surface area contributed by atoms with Gasteiger partial charge in [-0.1, -0.05) is 12.2 Å². The molecule has 3 fully saturated rings. The van der Waals surface area contributed by atoms with Gasteiger partial charge < -0.3 is 34.3 Å². The monoisotopic (exact) mass is 592 g/mol. The number of Topliss-reactive ketones (excluding diaryl/α,β-unsaturated/α-hetero) is 2. The Morgan fingerprint density at radius 2 is 1.77 bits per heavy atom. The molecular weight excluding hydrogens is 556 g/mol. The predicted octanol–water partition coefficient (Wildman–Crippen LogP) is 4.21. The third-order valence-corrected chi connectivity index (χ3v) is 10.2. The molecule has 43 heavy (non-hydrogen) atoms. The molecule has 1 spiro atoms. The zero-order valence-electron chi connectivity index (χ0n) is 25.2. The van der Waals surface area contributed by atoms with Gasteiger partial charge in [0.15, 0.2) is 22.8 Å². The Bertz CT molecular complexity index is 1640. The van der Waals surface area contributed by atoms with E-state index in [2.05, 4.69) is 0 Å². The first-order chi connectivity index (χ1) is 19.9. The van der Waals surface area contributed by atoms with Crippen LogP contribution in [-0.4, -0.2) is 67.0 Å². The number of rotatable bonds is 5. The molecule has 4 aliphatic heterocycles. The number of carboxylic acids is 1. The molecule has 0 radical (unpaired) electrons. The van der Waals surface area contributed by atoms with Crippen LogP contribution in [0.1, 0.15) is 88.9 Å². The maximum atomic E-state index is 14.6. The number of phenols is 1. The first kappa shape index (κ1) is 28.3. The van der Waals surface area contributed by atoms with E-state index in [-0.39, 0.29) is 57.3 Å². The van der Waals surface area contributed by atoms with Crippen molar-refractivity contribution in [3.63, 3.8) is 0 Å². The van der Waals surface area contributed by atoms with Crippen LogP contribution < -0.4 is 9.47 Å². The Morgan fingerprint density at radius 3 is 2.40 bits per heavy atom. The minimum Gasteiger partial charge on any atom is -0.506 e. The first-order valence-electron chi connectivity index (χ1n) is 14.7. The number of aliphatic hydroxyl groups excluding tert-OH is 1. The van der Waals surface area contributed by atoms with Crippen molar-refractivity contribution >= 4 is 23.6 Å². The molecule has 4 bridgehead atoms. The maximum absolute atomic E-state index is 14.6. The van der Waals surface area contributed by atoms with E-state index in [1.807, 2.05) is 41.5 Å². The zero-order chi connectivity index (χ0) is 31.2. The maximum Gasteiger partial charge on any atom is 0.330 e. The van der Waals surface area contributed by atoms with Crippen LogP contribution in [0.15, 0.2) is 29.4 Å². The van der Waals surface area contributed by atoms with Gasteiger partial charge in [0.1, 0.15) is 40.6 Å². The molecule has 3 N–H and O–H groups in total. The molecule has 6 unspecified atom stereocenters. The van der Waals surface area contributed by atoms with Crippen molar-refractivity contribution in [2.45, 2.75) is 102 Å². The standard InChI is InChI=1S/C33H36O10/c1-14(28(38)39)8-11-32-26(37)15-12-17-22(35)19-21(34)16-9-10-29(2,3)40-24(16)20(23(36)27-31(6,7)42-27)25(19)41-33(17,32)18(13-15)30(4,5)43-32/h8-10,12,15,18,23,27,34,36H,11,13H2,1-7H3,(H,38,39). The van der Waals surface area contributed by atoms with Crippen LogP contribution >= 0.6 is 0 Å². The van der Waals surface area contributed by atoms with E-state index in [1.165, 1.54) is 13.0 Å². The largest absolute Gasteiger partial charge is 0.506 e. The van der Waals surface area contributed by atoms with Crippen molar-refractivity contribution in [1.82, 2.24) is 0 Å². The number of aromatic hydroxyl groups is 1. The van der Waals surface area contributed by atoms with Crippen molar-refractivity contribution in [3.05, 3.63) is 46.1 Å². The van der Waals surface area contributed by atoms with Gasteiger partial charge in [-0.2, -0.15) is 0 Å². The molecule has 0 aromatic heterocycles. The molecule has 3 aliphatic carbocycles. The lowest BCUT2D eigenvalue weighted by Crippen LogP contribution is -2.72. The Kier molecular flexibility index (Phi) is 5.38. The molecule has 0 amide bonds. The van der Waals surface area contributed by atoms with Crippen LogP contribution in [0.4, 0.5) is 0 Å². The van der Waals surface area contributed by atoms with Crippen molar-refractivity contribution in [1.29, 1.82) is 0 Å². The zero-order valence-corrected chi connectivity index (χ0v) is 25.2. The number of carboxylic acid groups (broad SMARTS) is 1. The van der Waals surface area contributed by atoms with E-state index < -0.39 is 63.8 Å². The number of fused-ring (bicyclic) bond motifs is 2. The number of aliphatic hydroxyl groups is 1. The van der Waals surface area contributed by atoms with E-state index in [0.29, 0.717) is 6.42 Å². The fourth-order valence-corrected chi connectivity index (χ4v) is 8.06. The van der Waals surface area contributed by atoms with E-state index in [9.17, 15) is 29.7 Å². The average Bonchev–Trinajstić information content (AvgIpc) is 3.51. The number of ketones is 2. The molecule has 1 aromatic rings.